The highest BCUT2D eigenvalue weighted by molar-refractivity contribution is 5.71. The van der Waals surface area contributed by atoms with Crippen molar-refractivity contribution in [2.75, 3.05) is 6.67 Å². The van der Waals surface area contributed by atoms with Gasteiger partial charge in [-0.25, -0.2) is 13.2 Å². The Morgan fingerprint density at radius 3 is 1.88 bits per heavy atom. The van der Waals surface area contributed by atoms with Crippen LogP contribution in [0.2, 0.25) is 0 Å². The molecule has 0 bridgehead atoms. The van der Waals surface area contributed by atoms with Crippen LogP contribution in [-0.4, -0.2) is 6.67 Å². The second kappa shape index (κ2) is 6.87. The summed E-state index contributed by atoms with van der Waals surface area (Å²) in [6.07, 6.45) is -0.0212. The number of hydrogen-bond acceptors (Lipinski definition) is 0. The Bertz CT molecular complexity index is 831. The minimum atomic E-state index is -0.725. The van der Waals surface area contributed by atoms with Gasteiger partial charge in [-0.3, -0.25) is 4.39 Å². The molecule has 0 spiro atoms. The molecule has 3 aromatic rings. The predicted octanol–water partition coefficient (Wildman–Crippen LogP) is 5.95. The van der Waals surface area contributed by atoms with E-state index >= 15 is 0 Å². The minimum Gasteiger partial charge on any atom is -0.251 e. The van der Waals surface area contributed by atoms with E-state index in [-0.39, 0.29) is 23.4 Å². The standard InChI is InChI=1S/C20H14F4/c21-9-8-13-10-18(23)20(19(24)11-13)15-6-4-14(5-7-15)16-2-1-3-17(22)12-16/h1-7,10-12H,8-9H2. The van der Waals surface area contributed by atoms with Crippen LogP contribution in [0, 0.1) is 17.5 Å². The zero-order valence-electron chi connectivity index (χ0n) is 12.7. The number of hydrogen-bond donors (Lipinski definition) is 0. The van der Waals surface area contributed by atoms with Crippen LogP contribution < -0.4 is 0 Å². The van der Waals surface area contributed by atoms with E-state index in [1.54, 1.807) is 36.4 Å². The number of benzene rings is 3. The van der Waals surface area contributed by atoms with E-state index in [1.807, 2.05) is 0 Å². The zero-order valence-corrected chi connectivity index (χ0v) is 12.7. The molecule has 0 radical (unpaired) electrons. The highest BCUT2D eigenvalue weighted by atomic mass is 19.1. The Morgan fingerprint density at radius 1 is 0.667 bits per heavy atom. The Morgan fingerprint density at radius 2 is 1.29 bits per heavy atom. The summed E-state index contributed by atoms with van der Waals surface area (Å²) in [7, 11) is 0. The van der Waals surface area contributed by atoms with E-state index in [4.69, 9.17) is 0 Å². The Hall–Kier alpha value is -2.62. The average Bonchev–Trinajstić information content (AvgIpc) is 2.55. The van der Waals surface area contributed by atoms with E-state index in [2.05, 4.69) is 0 Å². The molecule has 122 valence electrons. The molecule has 0 fully saturated rings. The number of aryl methyl sites for hydroxylation is 1. The molecule has 24 heavy (non-hydrogen) atoms. The van der Waals surface area contributed by atoms with Crippen molar-refractivity contribution in [1.82, 2.24) is 0 Å². The Kier molecular flexibility index (Phi) is 4.65. The van der Waals surface area contributed by atoms with Gasteiger partial charge in [0.1, 0.15) is 17.5 Å². The summed E-state index contributed by atoms with van der Waals surface area (Å²) in [5.74, 6) is -1.80. The van der Waals surface area contributed by atoms with Crippen LogP contribution in [0.4, 0.5) is 17.6 Å². The van der Waals surface area contributed by atoms with Crippen molar-refractivity contribution >= 4 is 0 Å². The van der Waals surface area contributed by atoms with E-state index < -0.39 is 18.3 Å². The van der Waals surface area contributed by atoms with E-state index in [9.17, 15) is 17.6 Å². The maximum atomic E-state index is 14.2. The summed E-state index contributed by atoms with van der Waals surface area (Å²) < 4.78 is 54.0. The molecule has 0 amide bonds. The third kappa shape index (κ3) is 3.32. The van der Waals surface area contributed by atoms with Crippen LogP contribution >= 0.6 is 0 Å². The van der Waals surface area contributed by atoms with Gasteiger partial charge in [0.25, 0.3) is 0 Å². The van der Waals surface area contributed by atoms with E-state index in [0.717, 1.165) is 17.7 Å². The molecule has 0 nitrogen and oxygen atoms in total. The van der Waals surface area contributed by atoms with Crippen LogP contribution in [0.5, 0.6) is 0 Å². The van der Waals surface area contributed by atoms with Crippen molar-refractivity contribution in [2.24, 2.45) is 0 Å². The fraction of sp³-hybridized carbons (Fsp3) is 0.100. The van der Waals surface area contributed by atoms with Crippen LogP contribution in [0.15, 0.2) is 60.7 Å². The van der Waals surface area contributed by atoms with E-state index in [0.29, 0.717) is 11.1 Å². The van der Waals surface area contributed by atoms with Crippen LogP contribution in [0.1, 0.15) is 5.56 Å². The lowest BCUT2D eigenvalue weighted by molar-refractivity contribution is 0.492. The van der Waals surface area contributed by atoms with Gasteiger partial charge in [0, 0.05) is 6.42 Å². The lowest BCUT2D eigenvalue weighted by atomic mass is 9.98. The predicted molar refractivity (Wildman–Crippen MR) is 86.9 cm³/mol. The molecule has 3 aromatic carbocycles. The Balaban J connectivity index is 1.97. The smallest absolute Gasteiger partial charge is 0.134 e. The van der Waals surface area contributed by atoms with Crippen molar-refractivity contribution in [3.8, 4) is 22.3 Å². The quantitative estimate of drug-likeness (QED) is 0.519. The summed E-state index contributed by atoms with van der Waals surface area (Å²) in [4.78, 5) is 0. The molecule has 0 saturated heterocycles. The van der Waals surface area contributed by atoms with Crippen molar-refractivity contribution in [3.63, 3.8) is 0 Å². The van der Waals surface area contributed by atoms with Gasteiger partial charge in [0.05, 0.1) is 12.2 Å². The molecular weight excluding hydrogens is 316 g/mol. The number of rotatable bonds is 4. The molecule has 3 rings (SSSR count). The molecule has 0 aliphatic heterocycles. The average molecular weight is 330 g/mol. The molecule has 0 saturated carbocycles. The molecule has 0 heterocycles. The SMILES string of the molecule is FCCc1cc(F)c(-c2ccc(-c3cccc(F)c3)cc2)c(F)c1. The molecule has 0 N–H and O–H groups in total. The highest BCUT2D eigenvalue weighted by Gasteiger charge is 2.13. The normalized spacial score (nSPS) is 10.8. The summed E-state index contributed by atoms with van der Waals surface area (Å²) >= 11 is 0. The minimum absolute atomic E-state index is 0.0212. The molecule has 0 aromatic heterocycles. The van der Waals surface area contributed by atoms with Crippen LogP contribution in [-0.2, 0) is 6.42 Å². The van der Waals surface area contributed by atoms with Gasteiger partial charge in [-0.05, 0) is 46.5 Å². The lowest BCUT2D eigenvalue weighted by Gasteiger charge is -2.09. The second-order valence-corrected chi connectivity index (χ2v) is 5.46. The third-order valence-electron chi connectivity index (χ3n) is 3.82. The lowest BCUT2D eigenvalue weighted by Crippen LogP contribution is -1.96. The topological polar surface area (TPSA) is 0 Å². The van der Waals surface area contributed by atoms with Crippen LogP contribution in [0.25, 0.3) is 22.3 Å². The molecule has 0 aliphatic carbocycles. The highest BCUT2D eigenvalue weighted by Crippen LogP contribution is 2.30. The van der Waals surface area contributed by atoms with Crippen LogP contribution in [0.3, 0.4) is 0 Å². The molecular formula is C20H14F4. The fourth-order valence-corrected chi connectivity index (χ4v) is 2.65. The maximum absolute atomic E-state index is 14.2. The monoisotopic (exact) mass is 330 g/mol. The van der Waals surface area contributed by atoms with Gasteiger partial charge in [0.15, 0.2) is 0 Å². The zero-order chi connectivity index (χ0) is 17.1. The van der Waals surface area contributed by atoms with Crippen molar-refractivity contribution in [3.05, 3.63) is 83.7 Å². The van der Waals surface area contributed by atoms with Gasteiger partial charge in [-0.2, -0.15) is 0 Å². The fourth-order valence-electron chi connectivity index (χ4n) is 2.65. The summed E-state index contributed by atoms with van der Waals surface area (Å²) in [5.41, 5.74) is 1.93. The first kappa shape index (κ1) is 16.2. The molecule has 0 unspecified atom stereocenters. The molecule has 0 aliphatic rings. The maximum Gasteiger partial charge on any atom is 0.134 e. The first-order chi connectivity index (χ1) is 11.6. The number of alkyl halides is 1. The largest absolute Gasteiger partial charge is 0.251 e. The Labute approximate surface area is 137 Å². The molecule has 4 heteroatoms. The summed E-state index contributed by atoms with van der Waals surface area (Å²) in [6.45, 7) is -0.666. The second-order valence-electron chi connectivity index (χ2n) is 5.46. The summed E-state index contributed by atoms with van der Waals surface area (Å²) in [5, 5.41) is 0. The van der Waals surface area contributed by atoms with Gasteiger partial charge in [-0.1, -0.05) is 36.4 Å². The first-order valence-electron chi connectivity index (χ1n) is 7.49. The van der Waals surface area contributed by atoms with Crippen molar-refractivity contribution < 1.29 is 17.6 Å². The first-order valence-corrected chi connectivity index (χ1v) is 7.49. The third-order valence-corrected chi connectivity index (χ3v) is 3.82. The van der Waals surface area contributed by atoms with Gasteiger partial charge >= 0.3 is 0 Å². The van der Waals surface area contributed by atoms with Crippen molar-refractivity contribution in [1.29, 1.82) is 0 Å². The molecule has 0 atom stereocenters. The van der Waals surface area contributed by atoms with Gasteiger partial charge in [0.2, 0.25) is 0 Å². The summed E-state index contributed by atoms with van der Waals surface area (Å²) in [6, 6.07) is 14.9. The van der Waals surface area contributed by atoms with Gasteiger partial charge in [-0.15, -0.1) is 0 Å². The van der Waals surface area contributed by atoms with Crippen molar-refractivity contribution in [2.45, 2.75) is 6.42 Å². The number of halogens is 4. The van der Waals surface area contributed by atoms with E-state index in [1.165, 1.54) is 12.1 Å². The van der Waals surface area contributed by atoms with Gasteiger partial charge < -0.3 is 0 Å².